The summed E-state index contributed by atoms with van der Waals surface area (Å²) in [6.45, 7) is 3.80. The largest absolute Gasteiger partial charge is 0.424 e. The first-order valence-electron chi connectivity index (χ1n) is 7.74. The van der Waals surface area contributed by atoms with Gasteiger partial charge in [0.2, 0.25) is 11.8 Å². The highest BCUT2D eigenvalue weighted by Gasteiger charge is 2.29. The van der Waals surface area contributed by atoms with E-state index in [1.807, 2.05) is 13.0 Å². The predicted molar refractivity (Wildman–Crippen MR) is 85.7 cm³/mol. The van der Waals surface area contributed by atoms with E-state index in [9.17, 15) is 0 Å². The summed E-state index contributed by atoms with van der Waals surface area (Å²) in [6, 6.07) is 8.71. The van der Waals surface area contributed by atoms with E-state index < -0.39 is 0 Å². The second-order valence-corrected chi connectivity index (χ2v) is 6.65. The van der Waals surface area contributed by atoms with Crippen LogP contribution in [0.3, 0.4) is 0 Å². The number of aryl methyl sites for hydroxylation is 1. The average Bonchev–Trinajstić information content (AvgIpc) is 3.25. The Morgan fingerprint density at radius 3 is 2.95 bits per heavy atom. The molecule has 1 atom stereocenters. The maximum absolute atomic E-state index is 5.66. The third-order valence-corrected chi connectivity index (χ3v) is 5.25. The molecule has 0 unspecified atom stereocenters. The van der Waals surface area contributed by atoms with Crippen LogP contribution in [0.2, 0.25) is 0 Å². The quantitative estimate of drug-likeness (QED) is 0.737. The molecule has 1 aliphatic rings. The van der Waals surface area contributed by atoms with Gasteiger partial charge in [0.05, 0.1) is 22.8 Å². The molecule has 0 N–H and O–H groups in total. The lowest BCUT2D eigenvalue weighted by Gasteiger charge is -2.20. The molecule has 0 saturated carbocycles. The normalized spacial score (nSPS) is 19.2. The Morgan fingerprint density at radius 2 is 2.14 bits per heavy atom. The standard InChI is InChI=1S/C16H18N4OS/c1-2-14-18-19-15(21-14)10-20-9-5-7-12(20)16-17-11-6-3-4-8-13(11)22-16/h3-4,6,8,12H,2,5,7,9-10H2,1H3/t12-/m1/s1. The van der Waals surface area contributed by atoms with Crippen molar-refractivity contribution in [3.05, 3.63) is 41.1 Å². The first-order valence-corrected chi connectivity index (χ1v) is 8.56. The van der Waals surface area contributed by atoms with Gasteiger partial charge in [-0.2, -0.15) is 0 Å². The zero-order chi connectivity index (χ0) is 14.9. The van der Waals surface area contributed by atoms with Gasteiger partial charge in [-0.3, -0.25) is 4.90 Å². The van der Waals surface area contributed by atoms with Crippen LogP contribution in [0.1, 0.15) is 42.6 Å². The summed E-state index contributed by atoms with van der Waals surface area (Å²) in [5, 5.41) is 9.40. The van der Waals surface area contributed by atoms with Gasteiger partial charge in [-0.25, -0.2) is 4.98 Å². The van der Waals surface area contributed by atoms with Crippen molar-refractivity contribution in [3.63, 3.8) is 0 Å². The third-order valence-electron chi connectivity index (χ3n) is 4.11. The van der Waals surface area contributed by atoms with E-state index in [2.05, 4.69) is 33.3 Å². The number of hydrogen-bond donors (Lipinski definition) is 0. The Hall–Kier alpha value is -1.79. The molecule has 22 heavy (non-hydrogen) atoms. The van der Waals surface area contributed by atoms with E-state index in [0.29, 0.717) is 24.4 Å². The van der Waals surface area contributed by atoms with Crippen LogP contribution < -0.4 is 0 Å². The molecule has 2 aromatic heterocycles. The van der Waals surface area contributed by atoms with Crippen LogP contribution in [0.25, 0.3) is 10.2 Å². The van der Waals surface area contributed by atoms with Crippen LogP contribution in [0, 0.1) is 0 Å². The van der Waals surface area contributed by atoms with Gasteiger partial charge in [-0.15, -0.1) is 21.5 Å². The number of likely N-dealkylation sites (tertiary alicyclic amines) is 1. The summed E-state index contributed by atoms with van der Waals surface area (Å²) >= 11 is 1.80. The molecule has 1 aliphatic heterocycles. The van der Waals surface area contributed by atoms with Crippen molar-refractivity contribution in [2.24, 2.45) is 0 Å². The summed E-state index contributed by atoms with van der Waals surface area (Å²) in [7, 11) is 0. The Balaban J connectivity index is 1.57. The Kier molecular flexibility index (Phi) is 3.63. The van der Waals surface area contributed by atoms with Crippen LogP contribution in [0.4, 0.5) is 0 Å². The topological polar surface area (TPSA) is 55.1 Å². The Morgan fingerprint density at radius 1 is 1.27 bits per heavy atom. The molecule has 6 heteroatoms. The highest BCUT2D eigenvalue weighted by molar-refractivity contribution is 7.18. The van der Waals surface area contributed by atoms with Gasteiger partial charge < -0.3 is 4.42 Å². The van der Waals surface area contributed by atoms with Gasteiger partial charge in [0.1, 0.15) is 5.01 Å². The minimum absolute atomic E-state index is 0.370. The zero-order valence-electron chi connectivity index (χ0n) is 12.5. The molecule has 1 aromatic carbocycles. The van der Waals surface area contributed by atoms with Gasteiger partial charge in [0.15, 0.2) is 0 Å². The monoisotopic (exact) mass is 314 g/mol. The molecule has 0 radical (unpaired) electrons. The van der Waals surface area contributed by atoms with Gasteiger partial charge in [0.25, 0.3) is 0 Å². The van der Waals surface area contributed by atoms with Crippen LogP contribution in [-0.4, -0.2) is 26.6 Å². The minimum atomic E-state index is 0.370. The second-order valence-electron chi connectivity index (χ2n) is 5.59. The van der Waals surface area contributed by atoms with Gasteiger partial charge in [-0.1, -0.05) is 19.1 Å². The molecule has 0 bridgehead atoms. The molecule has 0 spiro atoms. The number of thiazole rings is 1. The van der Waals surface area contributed by atoms with E-state index in [0.717, 1.165) is 24.9 Å². The van der Waals surface area contributed by atoms with Gasteiger partial charge >= 0.3 is 0 Å². The molecule has 5 nitrogen and oxygen atoms in total. The van der Waals surface area contributed by atoms with Crippen molar-refractivity contribution < 1.29 is 4.42 Å². The van der Waals surface area contributed by atoms with Crippen molar-refractivity contribution >= 4 is 21.6 Å². The minimum Gasteiger partial charge on any atom is -0.424 e. The summed E-state index contributed by atoms with van der Waals surface area (Å²) in [4.78, 5) is 7.23. The molecule has 4 rings (SSSR count). The first kappa shape index (κ1) is 13.8. The number of hydrogen-bond acceptors (Lipinski definition) is 6. The van der Waals surface area contributed by atoms with Crippen LogP contribution in [0.5, 0.6) is 0 Å². The molecule has 3 heterocycles. The summed E-state index contributed by atoms with van der Waals surface area (Å²) in [5.74, 6) is 1.43. The molecular formula is C16H18N4OS. The van der Waals surface area contributed by atoms with Crippen molar-refractivity contribution in [1.82, 2.24) is 20.1 Å². The highest BCUT2D eigenvalue weighted by atomic mass is 32.1. The van der Waals surface area contributed by atoms with Crippen molar-refractivity contribution in [1.29, 1.82) is 0 Å². The second kappa shape index (κ2) is 5.78. The molecule has 3 aromatic rings. The number of nitrogens with zero attached hydrogens (tertiary/aromatic N) is 4. The van der Waals surface area contributed by atoms with E-state index in [-0.39, 0.29) is 0 Å². The fraction of sp³-hybridized carbons (Fsp3) is 0.438. The molecular weight excluding hydrogens is 296 g/mol. The average molecular weight is 314 g/mol. The Bertz CT molecular complexity index is 748. The van der Waals surface area contributed by atoms with Crippen LogP contribution >= 0.6 is 11.3 Å². The molecule has 1 fully saturated rings. The van der Waals surface area contributed by atoms with Crippen LogP contribution in [0.15, 0.2) is 28.7 Å². The zero-order valence-corrected chi connectivity index (χ0v) is 13.3. The molecule has 0 aliphatic carbocycles. The Labute approximate surface area is 133 Å². The summed E-state index contributed by atoms with van der Waals surface area (Å²) in [6.07, 6.45) is 3.12. The fourth-order valence-electron chi connectivity index (χ4n) is 3.00. The number of rotatable bonds is 4. The predicted octanol–water partition coefficient (Wildman–Crippen LogP) is 3.58. The van der Waals surface area contributed by atoms with Crippen molar-refractivity contribution in [2.75, 3.05) is 6.54 Å². The summed E-state index contributed by atoms with van der Waals surface area (Å²) in [5.41, 5.74) is 1.10. The number of benzene rings is 1. The van der Waals surface area contributed by atoms with Gasteiger partial charge in [-0.05, 0) is 31.5 Å². The lowest BCUT2D eigenvalue weighted by molar-refractivity contribution is 0.221. The number of fused-ring (bicyclic) bond motifs is 1. The van der Waals surface area contributed by atoms with E-state index in [4.69, 9.17) is 9.40 Å². The van der Waals surface area contributed by atoms with Crippen LogP contribution in [-0.2, 0) is 13.0 Å². The summed E-state index contributed by atoms with van der Waals surface area (Å²) < 4.78 is 6.92. The van der Waals surface area contributed by atoms with E-state index in [1.54, 1.807) is 11.3 Å². The first-order chi connectivity index (χ1) is 10.8. The maximum atomic E-state index is 5.66. The third kappa shape index (κ3) is 2.53. The lowest BCUT2D eigenvalue weighted by Crippen LogP contribution is -2.22. The number of aromatic nitrogens is 3. The van der Waals surface area contributed by atoms with Crippen molar-refractivity contribution in [2.45, 2.75) is 38.8 Å². The molecule has 1 saturated heterocycles. The molecule has 114 valence electrons. The maximum Gasteiger partial charge on any atom is 0.230 e. The number of para-hydroxylation sites is 1. The SMILES string of the molecule is CCc1nnc(CN2CCC[C@@H]2c2nc3ccccc3s2)o1. The molecule has 0 amide bonds. The lowest BCUT2D eigenvalue weighted by atomic mass is 10.2. The smallest absolute Gasteiger partial charge is 0.230 e. The van der Waals surface area contributed by atoms with Gasteiger partial charge in [0, 0.05) is 6.42 Å². The van der Waals surface area contributed by atoms with Crippen molar-refractivity contribution in [3.8, 4) is 0 Å². The fourth-order valence-corrected chi connectivity index (χ4v) is 4.13. The highest BCUT2D eigenvalue weighted by Crippen LogP contribution is 2.37. The van der Waals surface area contributed by atoms with E-state index >= 15 is 0 Å². The van der Waals surface area contributed by atoms with E-state index in [1.165, 1.54) is 16.1 Å².